The predicted molar refractivity (Wildman–Crippen MR) is 55.1 cm³/mol. The second-order valence-electron chi connectivity index (χ2n) is 3.01. The van der Waals surface area contributed by atoms with Crippen molar-refractivity contribution in [3.8, 4) is 5.75 Å². The fourth-order valence-corrected chi connectivity index (χ4v) is 1.15. The normalized spacial score (nSPS) is 9.75. The van der Waals surface area contributed by atoms with E-state index in [0.29, 0.717) is 5.75 Å². The lowest BCUT2D eigenvalue weighted by Gasteiger charge is -2.00. The Hall–Kier alpha value is -2.36. The first-order valence-electron chi connectivity index (χ1n) is 4.62. The summed E-state index contributed by atoms with van der Waals surface area (Å²) >= 11 is 0. The van der Waals surface area contributed by atoms with Crippen molar-refractivity contribution < 1.29 is 18.7 Å². The molecule has 0 atom stereocenters. The number of hydrogen-bond acceptors (Lipinski definition) is 4. The van der Waals surface area contributed by atoms with Crippen LogP contribution >= 0.6 is 0 Å². The number of ether oxygens (including phenoxy) is 1. The van der Waals surface area contributed by atoms with E-state index in [4.69, 9.17) is 9.15 Å². The molecule has 0 unspecified atom stereocenters. The predicted octanol–water partition coefficient (Wildman–Crippen LogP) is 2.07. The van der Waals surface area contributed by atoms with Gasteiger partial charge in [0.2, 0.25) is 0 Å². The zero-order valence-electron chi connectivity index (χ0n) is 8.25. The van der Waals surface area contributed by atoms with Gasteiger partial charge in [0, 0.05) is 0 Å². The molecule has 0 amide bonds. The van der Waals surface area contributed by atoms with Crippen LogP contribution in [0.4, 0.5) is 0 Å². The minimum absolute atomic E-state index is 0.0269. The van der Waals surface area contributed by atoms with Gasteiger partial charge in [-0.3, -0.25) is 4.79 Å². The Bertz CT molecular complexity index is 485. The number of benzene rings is 1. The number of rotatable bonds is 3. The highest BCUT2D eigenvalue weighted by Crippen LogP contribution is 2.10. The fourth-order valence-electron chi connectivity index (χ4n) is 1.15. The maximum absolute atomic E-state index is 11.4. The molecule has 0 N–H and O–H groups in total. The van der Waals surface area contributed by atoms with Gasteiger partial charge in [-0.25, -0.2) is 4.79 Å². The average molecular weight is 216 g/mol. The number of esters is 1. The number of para-hydroxylation sites is 1. The van der Waals surface area contributed by atoms with Crippen LogP contribution in [0.25, 0.3) is 0 Å². The third kappa shape index (κ3) is 2.17. The zero-order valence-corrected chi connectivity index (χ0v) is 8.25. The second-order valence-corrected chi connectivity index (χ2v) is 3.01. The molecular weight excluding hydrogens is 208 g/mol. The van der Waals surface area contributed by atoms with E-state index < -0.39 is 11.8 Å². The highest BCUT2D eigenvalue weighted by atomic mass is 16.5. The minimum atomic E-state index is -0.957. The lowest BCUT2D eigenvalue weighted by Crippen LogP contribution is -2.19. The van der Waals surface area contributed by atoms with E-state index in [1.165, 1.54) is 18.4 Å². The first-order valence-corrected chi connectivity index (χ1v) is 4.62. The standard InChI is InChI=1S/C12H8O4/c13-11(10-7-4-8-15-10)12(14)16-9-5-2-1-3-6-9/h1-8H. The molecule has 0 aliphatic rings. The highest BCUT2D eigenvalue weighted by molar-refractivity contribution is 6.40. The number of ketones is 1. The molecule has 0 saturated carbocycles. The first-order chi connectivity index (χ1) is 7.77. The molecule has 4 nitrogen and oxygen atoms in total. The highest BCUT2D eigenvalue weighted by Gasteiger charge is 2.20. The maximum atomic E-state index is 11.4. The smallest absolute Gasteiger partial charge is 0.388 e. The Morgan fingerprint density at radius 2 is 1.75 bits per heavy atom. The molecule has 0 spiro atoms. The van der Waals surface area contributed by atoms with Crippen molar-refractivity contribution >= 4 is 11.8 Å². The molecule has 0 radical (unpaired) electrons. The van der Waals surface area contributed by atoms with Crippen molar-refractivity contribution in [2.75, 3.05) is 0 Å². The van der Waals surface area contributed by atoms with Gasteiger partial charge in [-0.1, -0.05) is 18.2 Å². The van der Waals surface area contributed by atoms with Crippen LogP contribution in [-0.2, 0) is 4.79 Å². The van der Waals surface area contributed by atoms with E-state index in [1.54, 1.807) is 30.3 Å². The summed E-state index contributed by atoms with van der Waals surface area (Å²) in [6, 6.07) is 11.3. The summed E-state index contributed by atoms with van der Waals surface area (Å²) in [5.74, 6) is -1.46. The van der Waals surface area contributed by atoms with Gasteiger partial charge in [-0.2, -0.15) is 0 Å². The summed E-state index contributed by atoms with van der Waals surface area (Å²) in [5, 5.41) is 0. The van der Waals surface area contributed by atoms with Crippen molar-refractivity contribution in [2.45, 2.75) is 0 Å². The maximum Gasteiger partial charge on any atom is 0.388 e. The molecule has 1 aromatic heterocycles. The van der Waals surface area contributed by atoms with Gasteiger partial charge < -0.3 is 9.15 Å². The summed E-state index contributed by atoms with van der Waals surface area (Å²) in [5.41, 5.74) is 0. The van der Waals surface area contributed by atoms with Crippen LogP contribution in [0.2, 0.25) is 0 Å². The van der Waals surface area contributed by atoms with Gasteiger partial charge in [-0.05, 0) is 24.3 Å². The molecule has 0 aliphatic carbocycles. The van der Waals surface area contributed by atoms with E-state index in [2.05, 4.69) is 0 Å². The van der Waals surface area contributed by atoms with Crippen molar-refractivity contribution in [1.82, 2.24) is 0 Å². The van der Waals surface area contributed by atoms with Crippen LogP contribution in [0, 0.1) is 0 Å². The summed E-state index contributed by atoms with van der Waals surface area (Å²) < 4.78 is 9.66. The van der Waals surface area contributed by atoms with E-state index >= 15 is 0 Å². The van der Waals surface area contributed by atoms with Gasteiger partial charge in [0.15, 0.2) is 5.76 Å². The monoisotopic (exact) mass is 216 g/mol. The van der Waals surface area contributed by atoms with Gasteiger partial charge in [0.05, 0.1) is 6.26 Å². The summed E-state index contributed by atoms with van der Waals surface area (Å²) in [4.78, 5) is 22.8. The molecule has 2 aromatic rings. The zero-order chi connectivity index (χ0) is 11.4. The lowest BCUT2D eigenvalue weighted by atomic mass is 10.3. The number of carbonyl (C=O) groups is 2. The van der Waals surface area contributed by atoms with E-state index in [1.807, 2.05) is 0 Å². The molecule has 2 rings (SSSR count). The number of carbonyl (C=O) groups excluding carboxylic acids is 2. The third-order valence-corrected chi connectivity index (χ3v) is 1.88. The average Bonchev–Trinajstić information content (AvgIpc) is 2.83. The molecule has 0 aliphatic heterocycles. The van der Waals surface area contributed by atoms with Gasteiger partial charge >= 0.3 is 11.8 Å². The Labute approximate surface area is 91.4 Å². The Morgan fingerprint density at radius 1 is 1.00 bits per heavy atom. The molecule has 0 saturated heterocycles. The quantitative estimate of drug-likeness (QED) is 0.341. The van der Waals surface area contributed by atoms with Gasteiger partial charge in [0.1, 0.15) is 5.75 Å². The summed E-state index contributed by atoms with van der Waals surface area (Å²) in [6.07, 6.45) is 1.32. The van der Waals surface area contributed by atoms with Crippen LogP contribution in [0.3, 0.4) is 0 Å². The minimum Gasteiger partial charge on any atom is -0.461 e. The Balaban J connectivity index is 2.07. The topological polar surface area (TPSA) is 56.5 Å². The Morgan fingerprint density at radius 3 is 2.38 bits per heavy atom. The van der Waals surface area contributed by atoms with Crippen LogP contribution in [-0.4, -0.2) is 11.8 Å². The molecule has 0 bridgehead atoms. The first kappa shape index (κ1) is 10.2. The van der Waals surface area contributed by atoms with Crippen molar-refractivity contribution in [3.63, 3.8) is 0 Å². The second kappa shape index (κ2) is 4.44. The summed E-state index contributed by atoms with van der Waals surface area (Å²) in [7, 11) is 0. The SMILES string of the molecule is O=C(Oc1ccccc1)C(=O)c1ccco1. The van der Waals surface area contributed by atoms with Crippen LogP contribution in [0.5, 0.6) is 5.75 Å². The largest absolute Gasteiger partial charge is 0.461 e. The molecule has 1 heterocycles. The van der Waals surface area contributed by atoms with Crippen molar-refractivity contribution in [1.29, 1.82) is 0 Å². The lowest BCUT2D eigenvalue weighted by molar-refractivity contribution is -0.129. The van der Waals surface area contributed by atoms with E-state index in [-0.39, 0.29) is 5.76 Å². The third-order valence-electron chi connectivity index (χ3n) is 1.88. The van der Waals surface area contributed by atoms with Crippen LogP contribution < -0.4 is 4.74 Å². The van der Waals surface area contributed by atoms with Crippen molar-refractivity contribution in [3.05, 3.63) is 54.5 Å². The van der Waals surface area contributed by atoms with Crippen LogP contribution in [0.15, 0.2) is 53.1 Å². The van der Waals surface area contributed by atoms with Gasteiger partial charge in [-0.15, -0.1) is 0 Å². The number of hydrogen-bond donors (Lipinski definition) is 0. The number of furan rings is 1. The molecule has 1 aromatic carbocycles. The number of Topliss-reactive ketones (excluding diaryl/α,β-unsaturated/α-hetero) is 1. The fraction of sp³-hybridized carbons (Fsp3) is 0. The summed E-state index contributed by atoms with van der Waals surface area (Å²) in [6.45, 7) is 0. The van der Waals surface area contributed by atoms with Crippen LogP contribution in [0.1, 0.15) is 10.6 Å². The molecular formula is C12H8O4. The molecule has 0 fully saturated rings. The van der Waals surface area contributed by atoms with Gasteiger partial charge in [0.25, 0.3) is 0 Å². The Kier molecular flexibility index (Phi) is 2.82. The molecule has 80 valence electrons. The molecule has 4 heteroatoms. The van der Waals surface area contributed by atoms with E-state index in [0.717, 1.165) is 0 Å². The molecule has 16 heavy (non-hydrogen) atoms. The van der Waals surface area contributed by atoms with Crippen molar-refractivity contribution in [2.24, 2.45) is 0 Å². The van der Waals surface area contributed by atoms with E-state index in [9.17, 15) is 9.59 Å².